The fourth-order valence-corrected chi connectivity index (χ4v) is 2.45. The van der Waals surface area contributed by atoms with E-state index in [1.54, 1.807) is 48.5 Å². The Labute approximate surface area is 188 Å². The zero-order valence-corrected chi connectivity index (χ0v) is 19.0. The third kappa shape index (κ3) is 9.15. The average Bonchev–Trinajstić information content (AvgIpc) is 2.75. The van der Waals surface area contributed by atoms with Gasteiger partial charge < -0.3 is 30.5 Å². The maximum atomic E-state index is 11.7. The molecule has 0 bridgehead atoms. The number of ether oxygens (including phenoxy) is 2. The molecule has 0 atom stereocenters. The normalized spacial score (nSPS) is 11.2. The summed E-state index contributed by atoms with van der Waals surface area (Å²) in [6, 6.07) is 13.1. The fraction of sp³-hybridized carbons (Fsp3) is 0.417. The van der Waals surface area contributed by atoms with Gasteiger partial charge in [-0.15, -0.1) is 0 Å². The van der Waals surface area contributed by atoms with Gasteiger partial charge in [-0.1, -0.05) is 0 Å². The van der Waals surface area contributed by atoms with E-state index in [2.05, 4.69) is 0 Å². The summed E-state index contributed by atoms with van der Waals surface area (Å²) in [4.78, 5) is 23.3. The van der Waals surface area contributed by atoms with Crippen molar-refractivity contribution in [2.24, 2.45) is 5.73 Å². The number of carbonyl (C=O) groups is 2. The van der Waals surface area contributed by atoms with Crippen LogP contribution in [-0.4, -0.2) is 64.5 Å². The third-order valence-electron chi connectivity index (χ3n) is 4.09. The Kier molecular flexibility index (Phi) is 10.5. The molecule has 0 aliphatic heterocycles. The summed E-state index contributed by atoms with van der Waals surface area (Å²) in [6.45, 7) is 6.89. The lowest BCUT2D eigenvalue weighted by Gasteiger charge is -2.15. The minimum Gasteiger partial charge on any atom is -0.492 e. The Morgan fingerprint density at radius 1 is 0.750 bits per heavy atom. The molecule has 2 rings (SSSR count). The standard InChI is InChI=1S/C12H17NO3.C12H16O4/c2*1-12(2,15)11(14)9-3-5-10(6-4-9)16-8-7-13/h3-6,15H,7-8,13H2,1-2H3;3-6,13,15H,7-8H2,1-2H3. The molecule has 0 unspecified atom stereocenters. The maximum Gasteiger partial charge on any atom is 0.193 e. The molecule has 0 saturated heterocycles. The molecule has 176 valence electrons. The predicted octanol–water partition coefficient (Wildman–Crippen LogP) is 1.99. The second-order valence-electron chi connectivity index (χ2n) is 8.03. The monoisotopic (exact) mass is 447 g/mol. The highest BCUT2D eigenvalue weighted by Gasteiger charge is 2.25. The fourth-order valence-electron chi connectivity index (χ4n) is 2.45. The summed E-state index contributed by atoms with van der Waals surface area (Å²) in [6.07, 6.45) is 0. The van der Waals surface area contributed by atoms with Gasteiger partial charge in [-0.2, -0.15) is 0 Å². The van der Waals surface area contributed by atoms with Crippen molar-refractivity contribution in [1.29, 1.82) is 0 Å². The number of benzene rings is 2. The molecule has 32 heavy (non-hydrogen) atoms. The lowest BCUT2D eigenvalue weighted by atomic mass is 9.97. The van der Waals surface area contributed by atoms with E-state index in [0.717, 1.165) is 0 Å². The third-order valence-corrected chi connectivity index (χ3v) is 4.09. The number of aliphatic hydroxyl groups excluding tert-OH is 1. The van der Waals surface area contributed by atoms with Crippen LogP contribution in [0.25, 0.3) is 0 Å². The van der Waals surface area contributed by atoms with E-state index >= 15 is 0 Å². The van der Waals surface area contributed by atoms with Crippen LogP contribution in [-0.2, 0) is 0 Å². The second kappa shape index (κ2) is 12.3. The van der Waals surface area contributed by atoms with Gasteiger partial charge in [0.25, 0.3) is 0 Å². The number of Topliss-reactive ketones (excluding diaryl/α,β-unsaturated/α-hetero) is 2. The van der Waals surface area contributed by atoms with Gasteiger partial charge in [0.05, 0.1) is 6.61 Å². The topological polar surface area (TPSA) is 139 Å². The van der Waals surface area contributed by atoms with Crippen LogP contribution >= 0.6 is 0 Å². The van der Waals surface area contributed by atoms with Gasteiger partial charge in [0.1, 0.15) is 35.9 Å². The summed E-state index contributed by atoms with van der Waals surface area (Å²) in [7, 11) is 0. The van der Waals surface area contributed by atoms with Crippen LogP contribution in [0.4, 0.5) is 0 Å². The summed E-state index contributed by atoms with van der Waals surface area (Å²) < 4.78 is 10.4. The lowest BCUT2D eigenvalue weighted by Crippen LogP contribution is -2.30. The van der Waals surface area contributed by atoms with Crippen molar-refractivity contribution < 1.29 is 34.4 Å². The van der Waals surface area contributed by atoms with E-state index in [4.69, 9.17) is 20.3 Å². The van der Waals surface area contributed by atoms with Gasteiger partial charge >= 0.3 is 0 Å². The second-order valence-corrected chi connectivity index (χ2v) is 8.03. The van der Waals surface area contributed by atoms with Gasteiger partial charge in [-0.3, -0.25) is 9.59 Å². The van der Waals surface area contributed by atoms with Gasteiger partial charge in [0.2, 0.25) is 0 Å². The molecule has 0 aliphatic carbocycles. The highest BCUT2D eigenvalue weighted by molar-refractivity contribution is 6.02. The number of ketones is 2. The van der Waals surface area contributed by atoms with E-state index in [-0.39, 0.29) is 24.8 Å². The van der Waals surface area contributed by atoms with Crippen molar-refractivity contribution >= 4 is 11.6 Å². The molecule has 0 aromatic heterocycles. The first-order valence-electron chi connectivity index (χ1n) is 10.2. The van der Waals surface area contributed by atoms with Crippen molar-refractivity contribution in [3.63, 3.8) is 0 Å². The van der Waals surface area contributed by atoms with E-state index in [1.807, 2.05) is 0 Å². The highest BCUT2D eigenvalue weighted by atomic mass is 16.5. The van der Waals surface area contributed by atoms with E-state index < -0.39 is 11.2 Å². The predicted molar refractivity (Wildman–Crippen MR) is 121 cm³/mol. The van der Waals surface area contributed by atoms with Crippen LogP contribution in [0.3, 0.4) is 0 Å². The zero-order valence-electron chi connectivity index (χ0n) is 19.0. The first kappa shape index (κ1) is 27.3. The van der Waals surface area contributed by atoms with Crippen LogP contribution < -0.4 is 15.2 Å². The van der Waals surface area contributed by atoms with Crippen LogP contribution in [0.15, 0.2) is 48.5 Å². The number of hydrogen-bond donors (Lipinski definition) is 4. The van der Waals surface area contributed by atoms with Crippen molar-refractivity contribution in [3.8, 4) is 11.5 Å². The molecule has 5 N–H and O–H groups in total. The van der Waals surface area contributed by atoms with Crippen LogP contribution in [0.1, 0.15) is 48.4 Å². The van der Waals surface area contributed by atoms with Crippen molar-refractivity contribution in [1.82, 2.24) is 0 Å². The van der Waals surface area contributed by atoms with Crippen LogP contribution in [0.2, 0.25) is 0 Å². The molecule has 8 heteroatoms. The Bertz CT molecular complexity index is 774. The molecular weight excluding hydrogens is 414 g/mol. The molecule has 8 nitrogen and oxygen atoms in total. The number of rotatable bonds is 10. The summed E-state index contributed by atoms with van der Waals surface area (Å²) in [5.74, 6) is 0.609. The molecular formula is C24H33NO7. The Balaban J connectivity index is 0.000000320. The molecule has 2 aromatic rings. The summed E-state index contributed by atoms with van der Waals surface area (Å²) in [5.41, 5.74) is 3.48. The molecule has 0 heterocycles. The number of aliphatic hydroxyl groups is 3. The summed E-state index contributed by atoms with van der Waals surface area (Å²) >= 11 is 0. The highest BCUT2D eigenvalue weighted by Crippen LogP contribution is 2.18. The quantitative estimate of drug-likeness (QED) is 0.406. The molecule has 0 amide bonds. The minimum absolute atomic E-state index is 0.0512. The molecule has 0 saturated carbocycles. The Hall–Kier alpha value is -2.78. The first-order chi connectivity index (χ1) is 14.9. The van der Waals surface area contributed by atoms with Crippen molar-refractivity contribution in [2.75, 3.05) is 26.4 Å². The number of nitrogens with two attached hydrogens (primary N) is 1. The average molecular weight is 448 g/mol. The number of hydrogen-bond acceptors (Lipinski definition) is 8. The van der Waals surface area contributed by atoms with E-state index in [9.17, 15) is 19.8 Å². The summed E-state index contributed by atoms with van der Waals surface area (Å²) in [5, 5.41) is 27.7. The Morgan fingerprint density at radius 2 is 1.09 bits per heavy atom. The molecule has 0 fully saturated rings. The largest absolute Gasteiger partial charge is 0.492 e. The minimum atomic E-state index is -1.37. The van der Waals surface area contributed by atoms with E-state index in [0.29, 0.717) is 35.8 Å². The van der Waals surface area contributed by atoms with Crippen molar-refractivity contribution in [3.05, 3.63) is 59.7 Å². The van der Waals surface area contributed by atoms with Crippen LogP contribution in [0, 0.1) is 0 Å². The first-order valence-corrected chi connectivity index (χ1v) is 10.2. The van der Waals surface area contributed by atoms with Gasteiger partial charge in [0, 0.05) is 17.7 Å². The smallest absolute Gasteiger partial charge is 0.193 e. The van der Waals surface area contributed by atoms with Crippen LogP contribution in [0.5, 0.6) is 11.5 Å². The van der Waals surface area contributed by atoms with Gasteiger partial charge in [-0.25, -0.2) is 0 Å². The lowest BCUT2D eigenvalue weighted by molar-refractivity contribution is 0.0487. The maximum absolute atomic E-state index is 11.7. The molecule has 2 aromatic carbocycles. The molecule has 0 radical (unpaired) electrons. The zero-order chi connectivity index (χ0) is 24.4. The van der Waals surface area contributed by atoms with Gasteiger partial charge in [-0.05, 0) is 76.2 Å². The van der Waals surface area contributed by atoms with Gasteiger partial charge in [0.15, 0.2) is 11.6 Å². The SMILES string of the molecule is CC(C)(O)C(=O)c1ccc(OCCN)cc1.CC(C)(O)C(=O)c1ccc(OCCO)cc1. The van der Waals surface area contributed by atoms with Crippen molar-refractivity contribution in [2.45, 2.75) is 38.9 Å². The molecule has 0 spiro atoms. The number of carbonyl (C=O) groups excluding carboxylic acids is 2. The molecule has 0 aliphatic rings. The van der Waals surface area contributed by atoms with E-state index in [1.165, 1.54) is 27.7 Å². The Morgan fingerprint density at radius 3 is 1.38 bits per heavy atom.